The number of ether oxygens (including phenoxy) is 2. The number of hydrogen-bond acceptors (Lipinski definition) is 4. The van der Waals surface area contributed by atoms with E-state index in [-0.39, 0.29) is 5.91 Å². The zero-order valence-corrected chi connectivity index (χ0v) is 11.7. The van der Waals surface area contributed by atoms with Gasteiger partial charge in [-0.2, -0.15) is 0 Å². The highest BCUT2D eigenvalue weighted by atomic mass is 16.5. The van der Waals surface area contributed by atoms with Crippen molar-refractivity contribution in [1.82, 2.24) is 0 Å². The quantitative estimate of drug-likeness (QED) is 0.793. The van der Waals surface area contributed by atoms with Gasteiger partial charge in [0.1, 0.15) is 0 Å². The second-order valence-electron chi connectivity index (χ2n) is 4.31. The van der Waals surface area contributed by atoms with Gasteiger partial charge in [0.25, 0.3) is 0 Å². The summed E-state index contributed by atoms with van der Waals surface area (Å²) >= 11 is 0. The molecule has 0 aliphatic rings. The monoisotopic (exact) mass is 266 g/mol. The number of rotatable bonds is 7. The number of unbranched alkanes of at least 4 members (excludes halogenated alkanes) is 1. The third-order valence-electron chi connectivity index (χ3n) is 2.86. The van der Waals surface area contributed by atoms with Crippen LogP contribution in [0.3, 0.4) is 0 Å². The Kier molecular flexibility index (Phi) is 6.15. The molecule has 1 aromatic rings. The summed E-state index contributed by atoms with van der Waals surface area (Å²) in [7, 11) is 3.12. The van der Waals surface area contributed by atoms with Crippen LogP contribution in [0, 0.1) is 0 Å². The first kappa shape index (κ1) is 15.3. The number of methoxy groups -OCH3 is 2. The number of carbonyl (C=O) groups is 1. The molecule has 106 valence electrons. The summed E-state index contributed by atoms with van der Waals surface area (Å²) in [6, 6.07) is 4.73. The molecule has 1 atom stereocenters. The third kappa shape index (κ3) is 4.44. The van der Waals surface area contributed by atoms with E-state index in [1.165, 1.54) is 0 Å². The summed E-state index contributed by atoms with van der Waals surface area (Å²) in [5.74, 6) is 1.01. The Hall–Kier alpha value is -1.75. The van der Waals surface area contributed by atoms with Crippen LogP contribution in [0.5, 0.6) is 11.5 Å². The molecule has 0 radical (unpaired) electrons. The molecular formula is C14H22N2O3. The number of amides is 1. The molecule has 5 heteroatoms. The minimum Gasteiger partial charge on any atom is -0.493 e. The summed E-state index contributed by atoms with van der Waals surface area (Å²) in [5.41, 5.74) is 6.46. The normalized spacial score (nSPS) is 11.8. The van der Waals surface area contributed by atoms with E-state index in [9.17, 15) is 4.79 Å². The first-order chi connectivity index (χ1) is 9.12. The molecule has 0 aromatic heterocycles. The van der Waals surface area contributed by atoms with Gasteiger partial charge in [-0.25, -0.2) is 0 Å². The Bertz CT molecular complexity index is 421. The van der Waals surface area contributed by atoms with E-state index >= 15 is 0 Å². The maximum Gasteiger partial charge on any atom is 0.241 e. The average Bonchev–Trinajstić information content (AvgIpc) is 2.44. The molecule has 0 aliphatic carbocycles. The van der Waals surface area contributed by atoms with Crippen LogP contribution >= 0.6 is 0 Å². The van der Waals surface area contributed by atoms with Crippen molar-refractivity contribution < 1.29 is 14.3 Å². The van der Waals surface area contributed by atoms with Gasteiger partial charge in [0.15, 0.2) is 11.5 Å². The number of nitrogens with two attached hydrogens (primary N) is 1. The molecule has 1 amide bonds. The van der Waals surface area contributed by atoms with Crippen molar-refractivity contribution in [3.05, 3.63) is 18.2 Å². The van der Waals surface area contributed by atoms with Crippen LogP contribution in [-0.4, -0.2) is 26.2 Å². The van der Waals surface area contributed by atoms with E-state index in [4.69, 9.17) is 15.2 Å². The van der Waals surface area contributed by atoms with Crippen LogP contribution in [0.2, 0.25) is 0 Å². The van der Waals surface area contributed by atoms with Crippen LogP contribution in [0.1, 0.15) is 26.2 Å². The lowest BCUT2D eigenvalue weighted by molar-refractivity contribution is -0.117. The van der Waals surface area contributed by atoms with E-state index in [0.717, 1.165) is 12.8 Å². The van der Waals surface area contributed by atoms with Crippen molar-refractivity contribution in [2.24, 2.45) is 5.73 Å². The van der Waals surface area contributed by atoms with E-state index in [0.29, 0.717) is 23.6 Å². The van der Waals surface area contributed by atoms with Crippen LogP contribution in [0.4, 0.5) is 5.69 Å². The van der Waals surface area contributed by atoms with Gasteiger partial charge >= 0.3 is 0 Å². The molecule has 1 aromatic carbocycles. The van der Waals surface area contributed by atoms with Gasteiger partial charge in [0.05, 0.1) is 20.3 Å². The fraction of sp³-hybridized carbons (Fsp3) is 0.500. The minimum atomic E-state index is -0.479. The molecular weight excluding hydrogens is 244 g/mol. The molecule has 0 fully saturated rings. The van der Waals surface area contributed by atoms with E-state index in [2.05, 4.69) is 12.2 Å². The molecule has 1 rings (SSSR count). The largest absolute Gasteiger partial charge is 0.493 e. The molecule has 0 saturated carbocycles. The molecule has 5 nitrogen and oxygen atoms in total. The third-order valence-corrected chi connectivity index (χ3v) is 2.86. The number of benzene rings is 1. The van der Waals surface area contributed by atoms with Gasteiger partial charge in [-0.3, -0.25) is 4.79 Å². The zero-order chi connectivity index (χ0) is 14.3. The highest BCUT2D eigenvalue weighted by molar-refractivity contribution is 5.94. The second-order valence-corrected chi connectivity index (χ2v) is 4.31. The van der Waals surface area contributed by atoms with Crippen molar-refractivity contribution in [1.29, 1.82) is 0 Å². The fourth-order valence-corrected chi connectivity index (χ4v) is 1.70. The standard InChI is InChI=1S/C14H22N2O3/c1-4-5-6-11(15)14(17)16-10-7-8-12(18-2)13(9-10)19-3/h7-9,11H,4-6,15H2,1-3H3,(H,16,17)/t11-/m0/s1. The van der Waals surface area contributed by atoms with Crippen molar-refractivity contribution in [2.75, 3.05) is 19.5 Å². The summed E-state index contributed by atoms with van der Waals surface area (Å²) in [4.78, 5) is 11.9. The smallest absolute Gasteiger partial charge is 0.241 e. The SMILES string of the molecule is CCCC[C@H](N)C(=O)Nc1ccc(OC)c(OC)c1. The van der Waals surface area contributed by atoms with E-state index < -0.39 is 6.04 Å². The fourth-order valence-electron chi connectivity index (χ4n) is 1.70. The van der Waals surface area contributed by atoms with Gasteiger partial charge < -0.3 is 20.5 Å². The van der Waals surface area contributed by atoms with Crippen molar-refractivity contribution >= 4 is 11.6 Å². The predicted octanol–water partition coefficient (Wildman–Crippen LogP) is 2.16. The van der Waals surface area contributed by atoms with Gasteiger partial charge in [-0.05, 0) is 18.6 Å². The van der Waals surface area contributed by atoms with Crippen molar-refractivity contribution in [3.8, 4) is 11.5 Å². The molecule has 0 spiro atoms. The van der Waals surface area contributed by atoms with Crippen molar-refractivity contribution in [3.63, 3.8) is 0 Å². The van der Waals surface area contributed by atoms with Gasteiger partial charge in [-0.15, -0.1) is 0 Å². The van der Waals surface area contributed by atoms with E-state index in [1.807, 2.05) is 0 Å². The average molecular weight is 266 g/mol. The topological polar surface area (TPSA) is 73.6 Å². The molecule has 0 bridgehead atoms. The summed E-state index contributed by atoms with van der Waals surface area (Å²) in [5, 5.41) is 2.78. The Labute approximate surface area is 114 Å². The number of hydrogen-bond donors (Lipinski definition) is 2. The molecule has 0 unspecified atom stereocenters. The first-order valence-electron chi connectivity index (χ1n) is 6.40. The van der Waals surface area contributed by atoms with E-state index in [1.54, 1.807) is 32.4 Å². The van der Waals surface area contributed by atoms with Crippen LogP contribution in [0.15, 0.2) is 18.2 Å². The van der Waals surface area contributed by atoms with Crippen LogP contribution in [-0.2, 0) is 4.79 Å². The highest BCUT2D eigenvalue weighted by Crippen LogP contribution is 2.29. The second kappa shape index (κ2) is 7.63. The summed E-state index contributed by atoms with van der Waals surface area (Å²) in [6.45, 7) is 2.07. The zero-order valence-electron chi connectivity index (χ0n) is 11.7. The summed E-state index contributed by atoms with van der Waals surface area (Å²) in [6.07, 6.45) is 2.66. The Morgan fingerprint density at radius 3 is 2.58 bits per heavy atom. The van der Waals surface area contributed by atoms with Crippen molar-refractivity contribution in [2.45, 2.75) is 32.2 Å². The number of carbonyl (C=O) groups excluding carboxylic acids is 1. The lowest BCUT2D eigenvalue weighted by Gasteiger charge is -2.13. The maximum absolute atomic E-state index is 11.9. The number of anilines is 1. The number of nitrogens with one attached hydrogen (secondary N) is 1. The maximum atomic E-state index is 11.9. The highest BCUT2D eigenvalue weighted by Gasteiger charge is 2.13. The predicted molar refractivity (Wildman–Crippen MR) is 75.7 cm³/mol. The minimum absolute atomic E-state index is 0.180. The lowest BCUT2D eigenvalue weighted by Crippen LogP contribution is -2.35. The van der Waals surface area contributed by atoms with Crippen LogP contribution in [0.25, 0.3) is 0 Å². The van der Waals surface area contributed by atoms with Gasteiger partial charge in [0, 0.05) is 11.8 Å². The van der Waals surface area contributed by atoms with Crippen LogP contribution < -0.4 is 20.5 Å². The van der Waals surface area contributed by atoms with Gasteiger partial charge in [-0.1, -0.05) is 19.8 Å². The molecule has 0 aliphatic heterocycles. The molecule has 3 N–H and O–H groups in total. The first-order valence-corrected chi connectivity index (χ1v) is 6.40. The Morgan fingerprint density at radius 2 is 2.00 bits per heavy atom. The Balaban J connectivity index is 2.69. The molecule has 0 heterocycles. The Morgan fingerprint density at radius 1 is 1.32 bits per heavy atom. The lowest BCUT2D eigenvalue weighted by atomic mass is 10.1. The van der Waals surface area contributed by atoms with Gasteiger partial charge in [0.2, 0.25) is 5.91 Å². The molecule has 19 heavy (non-hydrogen) atoms. The molecule has 0 saturated heterocycles. The summed E-state index contributed by atoms with van der Waals surface area (Å²) < 4.78 is 10.3.